The van der Waals surface area contributed by atoms with Crippen LogP contribution in [0.2, 0.25) is 0 Å². The number of hydrogen-bond acceptors (Lipinski definition) is 16. The van der Waals surface area contributed by atoms with E-state index in [1.54, 1.807) is 31.0 Å². The predicted molar refractivity (Wildman–Crippen MR) is 272 cm³/mol. The lowest BCUT2D eigenvalue weighted by Gasteiger charge is -2.48. The summed E-state index contributed by atoms with van der Waals surface area (Å²) in [5.74, 6) is 2.30. The Morgan fingerprint density at radius 2 is 1.43 bits per heavy atom. The van der Waals surface area contributed by atoms with Gasteiger partial charge in [-0.25, -0.2) is 14.4 Å². The second-order valence-electron chi connectivity index (χ2n) is 19.0. The number of ether oxygens (including phenoxy) is 9. The Hall–Kier alpha value is -6.46. The minimum absolute atomic E-state index is 0.0312. The van der Waals surface area contributed by atoms with Crippen molar-refractivity contribution in [1.29, 1.82) is 0 Å². The third kappa shape index (κ3) is 9.64. The Kier molecular flexibility index (Phi) is 15.0. The van der Waals surface area contributed by atoms with E-state index >= 15 is 4.79 Å². The van der Waals surface area contributed by atoms with E-state index in [0.717, 1.165) is 55.6 Å². The first-order chi connectivity index (χ1) is 34.7. The Labute approximate surface area is 425 Å². The highest BCUT2D eigenvalue weighted by Gasteiger charge is 2.51. The summed E-state index contributed by atoms with van der Waals surface area (Å²) in [7, 11) is 7.14. The number of rotatable bonds is 10. The summed E-state index contributed by atoms with van der Waals surface area (Å²) in [4.78, 5) is 46.9. The molecule has 1 fully saturated rings. The molecule has 1 saturated heterocycles. The number of hydrogen-bond donors (Lipinski definition) is 1. The molecule has 4 unspecified atom stereocenters. The molecule has 9 rings (SSSR count). The molecule has 4 heterocycles. The number of aryl methyl sites for hydroxylation is 1. The standard InChI is InChI=1S/C56H63N3O12S/c1-32-24-40-21-23-59-42(45-34(3)33(2)35(4)50-51(45)69-31-68-50)29-65-53(60)56(41-26-43(63-8)44(25-39(41)20-22-57-56)70-54(61)66-27-37-16-12-10-13-17-37)30-72-36(5)47(59)48(58(6)7)46(40)52(49(32)64-9)71-55(62)67-28-38-18-14-11-15-19-38/h10-19,24-26,36,42,47-48,57H,20-23,27-31H2,1-9H3/t36?,42?,47?,48?,56-/m1/s1. The number of esters is 1. The van der Waals surface area contributed by atoms with Crippen molar-refractivity contribution in [2.75, 3.05) is 60.6 Å². The van der Waals surface area contributed by atoms with Crippen LogP contribution >= 0.6 is 11.8 Å². The topological polar surface area (TPSA) is 153 Å². The summed E-state index contributed by atoms with van der Waals surface area (Å²) in [5.41, 5.74) is 8.29. The second-order valence-corrected chi connectivity index (χ2v) is 20.4. The van der Waals surface area contributed by atoms with Crippen molar-refractivity contribution >= 4 is 30.0 Å². The van der Waals surface area contributed by atoms with Crippen LogP contribution in [-0.2, 0) is 50.6 Å². The number of thioether (sulfide) groups is 1. The van der Waals surface area contributed by atoms with Crippen LogP contribution in [-0.4, -0.2) is 99.9 Å². The minimum Gasteiger partial charge on any atom is -0.493 e. The number of benzene rings is 5. The van der Waals surface area contributed by atoms with Crippen molar-refractivity contribution in [3.8, 4) is 34.5 Å². The minimum atomic E-state index is -1.36. The van der Waals surface area contributed by atoms with Gasteiger partial charge in [-0.2, -0.15) is 11.8 Å². The molecular weight excluding hydrogens is 939 g/mol. The largest absolute Gasteiger partial charge is 0.514 e. The lowest BCUT2D eigenvalue weighted by molar-refractivity contribution is -0.154. The van der Waals surface area contributed by atoms with E-state index in [0.29, 0.717) is 54.5 Å². The molecule has 5 aromatic rings. The molecule has 1 spiro atoms. The summed E-state index contributed by atoms with van der Waals surface area (Å²) < 4.78 is 54.6. The van der Waals surface area contributed by atoms with Crippen molar-refractivity contribution in [1.82, 2.24) is 15.1 Å². The highest BCUT2D eigenvalue weighted by atomic mass is 32.2. The van der Waals surface area contributed by atoms with Gasteiger partial charge in [0.2, 0.25) is 6.79 Å². The average molecular weight is 1000 g/mol. The molecule has 5 atom stereocenters. The van der Waals surface area contributed by atoms with E-state index in [-0.39, 0.29) is 55.2 Å². The molecule has 15 nitrogen and oxygen atoms in total. The fourth-order valence-corrected chi connectivity index (χ4v) is 12.3. The number of cyclic esters (lactones) is 1. The van der Waals surface area contributed by atoms with Gasteiger partial charge in [-0.15, -0.1) is 0 Å². The number of nitrogens with one attached hydrogen (secondary N) is 1. The Morgan fingerprint density at radius 1 is 0.764 bits per heavy atom. The van der Waals surface area contributed by atoms with E-state index in [2.05, 4.69) is 42.0 Å². The van der Waals surface area contributed by atoms with Crippen molar-refractivity contribution in [3.05, 3.63) is 140 Å². The van der Waals surface area contributed by atoms with Crippen LogP contribution in [0.3, 0.4) is 0 Å². The summed E-state index contributed by atoms with van der Waals surface area (Å²) in [5, 5.41) is 3.42. The van der Waals surface area contributed by atoms with Crippen LogP contribution in [0.4, 0.5) is 9.59 Å². The first kappa shape index (κ1) is 50.5. The van der Waals surface area contributed by atoms with Gasteiger partial charge in [0.15, 0.2) is 40.0 Å². The molecule has 1 N–H and O–H groups in total. The monoisotopic (exact) mass is 1000 g/mol. The molecule has 0 saturated carbocycles. The van der Waals surface area contributed by atoms with Gasteiger partial charge in [-0.3, -0.25) is 10.2 Å². The maximum Gasteiger partial charge on any atom is 0.514 e. The van der Waals surface area contributed by atoms with Gasteiger partial charge < -0.3 is 47.5 Å². The van der Waals surface area contributed by atoms with Crippen LogP contribution in [0, 0.1) is 27.7 Å². The highest BCUT2D eigenvalue weighted by molar-refractivity contribution is 8.00. The highest BCUT2D eigenvalue weighted by Crippen LogP contribution is 2.53. The Balaban J connectivity index is 1.15. The van der Waals surface area contributed by atoms with Crippen LogP contribution in [0.5, 0.6) is 34.5 Å². The number of fused-ring (bicyclic) bond motifs is 5. The fraction of sp³-hybridized carbons (Fsp3) is 0.411. The van der Waals surface area contributed by atoms with Gasteiger partial charge in [0, 0.05) is 41.3 Å². The number of nitrogens with zero attached hydrogens (tertiary/aromatic N) is 2. The van der Waals surface area contributed by atoms with E-state index in [9.17, 15) is 9.59 Å². The van der Waals surface area contributed by atoms with Gasteiger partial charge in [0.1, 0.15) is 19.8 Å². The van der Waals surface area contributed by atoms with Gasteiger partial charge in [-0.1, -0.05) is 73.7 Å². The lowest BCUT2D eigenvalue weighted by Crippen LogP contribution is -2.58. The fourth-order valence-electron chi connectivity index (χ4n) is 10.9. The normalized spacial score (nSPS) is 21.6. The second kappa shape index (κ2) is 21.3. The lowest BCUT2D eigenvalue weighted by atomic mass is 9.83. The number of carbonyl (C=O) groups is 3. The maximum atomic E-state index is 15.4. The van der Waals surface area contributed by atoms with Crippen LogP contribution in [0.1, 0.15) is 80.2 Å². The molecule has 0 radical (unpaired) electrons. The van der Waals surface area contributed by atoms with E-state index in [4.69, 9.17) is 42.6 Å². The van der Waals surface area contributed by atoms with Gasteiger partial charge in [0.05, 0.1) is 26.3 Å². The molecule has 4 aliphatic rings. The van der Waals surface area contributed by atoms with Crippen molar-refractivity contribution in [2.45, 2.75) is 89.6 Å². The molecule has 16 heteroatoms. The van der Waals surface area contributed by atoms with Gasteiger partial charge in [-0.05, 0) is 117 Å². The first-order valence-electron chi connectivity index (χ1n) is 24.3. The molecule has 0 amide bonds. The zero-order chi connectivity index (χ0) is 50.8. The van der Waals surface area contributed by atoms with Crippen molar-refractivity contribution in [2.24, 2.45) is 0 Å². The van der Waals surface area contributed by atoms with Crippen LogP contribution < -0.4 is 33.7 Å². The quantitative estimate of drug-likeness (QED) is 0.0803. The summed E-state index contributed by atoms with van der Waals surface area (Å²) in [6.45, 7) is 11.4. The molecule has 5 aromatic carbocycles. The van der Waals surface area contributed by atoms with E-state index in [1.165, 1.54) is 7.11 Å². The SMILES string of the molecule is COc1cc2c(cc1OC(=O)OCc1ccccc1)CCN[C@]21CSC(C)C2C(N(C)C)c3c(cc(C)c(OC)c3OC(=O)OCc3ccccc3)CCN2C(c2c(C)c(C)c(C)c3c2OCO3)COC1=O. The van der Waals surface area contributed by atoms with Gasteiger partial charge in [0.25, 0.3) is 0 Å². The average Bonchev–Trinajstić information content (AvgIpc) is 3.80. The van der Waals surface area contributed by atoms with E-state index in [1.807, 2.05) is 88.6 Å². The molecule has 0 aromatic heterocycles. The number of methoxy groups -OCH3 is 2. The summed E-state index contributed by atoms with van der Waals surface area (Å²) >= 11 is 1.64. The summed E-state index contributed by atoms with van der Waals surface area (Å²) in [6, 6.07) is 23.2. The molecule has 0 bridgehead atoms. The van der Waals surface area contributed by atoms with Crippen LogP contribution in [0.25, 0.3) is 0 Å². The van der Waals surface area contributed by atoms with Crippen LogP contribution in [0.15, 0.2) is 78.9 Å². The Morgan fingerprint density at radius 3 is 2.08 bits per heavy atom. The molecule has 0 aliphatic carbocycles. The third-order valence-electron chi connectivity index (χ3n) is 14.6. The number of likely N-dealkylation sites (N-methyl/N-ethyl adjacent to an activating group) is 1. The molecule has 4 aliphatic heterocycles. The molecular formula is C56H63N3O12S. The summed E-state index contributed by atoms with van der Waals surface area (Å²) in [6.07, 6.45) is -0.639. The third-order valence-corrected chi connectivity index (χ3v) is 16.0. The van der Waals surface area contributed by atoms with E-state index < -0.39 is 35.9 Å². The smallest absolute Gasteiger partial charge is 0.493 e. The molecule has 72 heavy (non-hydrogen) atoms. The predicted octanol–water partition coefficient (Wildman–Crippen LogP) is 9.39. The zero-order valence-corrected chi connectivity index (χ0v) is 43.2. The Bertz CT molecular complexity index is 2840. The maximum absolute atomic E-state index is 15.4. The first-order valence-corrected chi connectivity index (χ1v) is 25.3. The number of carbonyl (C=O) groups excluding carboxylic acids is 3. The zero-order valence-electron chi connectivity index (χ0n) is 42.4. The van der Waals surface area contributed by atoms with Crippen molar-refractivity contribution in [3.63, 3.8) is 0 Å². The van der Waals surface area contributed by atoms with Crippen molar-refractivity contribution < 1.29 is 57.0 Å². The molecule has 380 valence electrons. The van der Waals surface area contributed by atoms with Gasteiger partial charge >= 0.3 is 18.3 Å².